The van der Waals surface area contributed by atoms with Crippen LogP contribution in [-0.2, 0) is 14.8 Å². The van der Waals surface area contributed by atoms with Gasteiger partial charge in [-0.15, -0.1) is 11.8 Å². The van der Waals surface area contributed by atoms with E-state index in [1.165, 1.54) is 0 Å². The molecule has 2 aromatic rings. The highest BCUT2D eigenvalue weighted by Crippen LogP contribution is 2.23. The van der Waals surface area contributed by atoms with E-state index >= 15 is 0 Å². The van der Waals surface area contributed by atoms with Crippen LogP contribution in [0.3, 0.4) is 0 Å². The van der Waals surface area contributed by atoms with Crippen molar-refractivity contribution in [1.82, 2.24) is 10.0 Å². The van der Waals surface area contributed by atoms with Gasteiger partial charge in [-0.25, -0.2) is 8.42 Å². The van der Waals surface area contributed by atoms with Crippen molar-refractivity contribution in [2.75, 3.05) is 12.3 Å². The number of carbonyl (C=O) groups is 1. The van der Waals surface area contributed by atoms with Crippen LogP contribution in [0.4, 0.5) is 0 Å². The summed E-state index contributed by atoms with van der Waals surface area (Å²) in [6.45, 7) is 2.57. The van der Waals surface area contributed by atoms with Gasteiger partial charge in [0.15, 0.2) is 0 Å². The van der Waals surface area contributed by atoms with Crippen molar-refractivity contribution in [3.63, 3.8) is 0 Å². The number of hydrogen-bond acceptors (Lipinski definition) is 5. The Hall–Kier alpha value is -2.32. The number of unbranched alkanes of at least 4 members (excludes halogenated alkanes) is 1. The van der Waals surface area contributed by atoms with Gasteiger partial charge < -0.3 is 5.32 Å². The monoisotopic (exact) mass is 431 g/mol. The number of aliphatic imine (C=N–C) groups is 1. The second-order valence-electron chi connectivity index (χ2n) is 6.69. The Labute approximate surface area is 176 Å². The number of thioether (sulfide) groups is 1. The first-order valence-corrected chi connectivity index (χ1v) is 12.1. The Balaban J connectivity index is 1.66. The van der Waals surface area contributed by atoms with E-state index in [1.807, 2.05) is 37.3 Å². The van der Waals surface area contributed by atoms with E-state index in [0.29, 0.717) is 18.5 Å². The predicted octanol–water partition coefficient (Wildman–Crippen LogP) is 3.19. The molecule has 1 heterocycles. The SMILES string of the molecule is CCCCC(N=C1NS(=O)(=O)c2ccccc21)C(=O)NCCSc1ccccc1. The van der Waals surface area contributed by atoms with Crippen LogP contribution < -0.4 is 10.0 Å². The molecule has 1 unspecified atom stereocenters. The van der Waals surface area contributed by atoms with Crippen LogP contribution >= 0.6 is 11.8 Å². The fourth-order valence-corrected chi connectivity index (χ4v) is 5.04. The minimum atomic E-state index is -3.61. The molecule has 2 aromatic carbocycles. The lowest BCUT2D eigenvalue weighted by molar-refractivity contribution is -0.122. The fraction of sp³-hybridized carbons (Fsp3) is 0.333. The van der Waals surface area contributed by atoms with Gasteiger partial charge in [-0.1, -0.05) is 50.1 Å². The van der Waals surface area contributed by atoms with Gasteiger partial charge in [0.25, 0.3) is 10.0 Å². The maximum Gasteiger partial charge on any atom is 0.263 e. The van der Waals surface area contributed by atoms with Crippen molar-refractivity contribution >= 4 is 33.5 Å². The van der Waals surface area contributed by atoms with Crippen LogP contribution in [0.2, 0.25) is 0 Å². The maximum absolute atomic E-state index is 12.7. The first kappa shape index (κ1) is 21.4. The van der Waals surface area contributed by atoms with E-state index in [1.54, 1.807) is 36.0 Å². The van der Waals surface area contributed by atoms with E-state index in [-0.39, 0.29) is 16.6 Å². The van der Waals surface area contributed by atoms with Gasteiger partial charge in [0, 0.05) is 22.8 Å². The lowest BCUT2D eigenvalue weighted by Crippen LogP contribution is -2.36. The number of amidine groups is 1. The molecule has 1 atom stereocenters. The van der Waals surface area contributed by atoms with Crippen LogP contribution in [0.1, 0.15) is 31.7 Å². The summed E-state index contributed by atoms with van der Waals surface area (Å²) >= 11 is 1.67. The molecule has 6 nitrogen and oxygen atoms in total. The Kier molecular flexibility index (Phi) is 7.33. The summed E-state index contributed by atoms with van der Waals surface area (Å²) in [5.41, 5.74) is 0.515. The standard InChI is InChI=1S/C21H25N3O3S2/c1-2-3-12-18(21(25)22-14-15-28-16-9-5-4-6-10-16)23-20-17-11-7-8-13-19(17)29(26,27)24-20/h4-11,13,18H,2-3,12,14-15H2,1H3,(H,22,25)(H,23,24). The number of benzene rings is 2. The maximum atomic E-state index is 12.7. The van der Waals surface area contributed by atoms with Gasteiger partial charge in [0.1, 0.15) is 11.9 Å². The molecule has 2 N–H and O–H groups in total. The second-order valence-corrected chi connectivity index (χ2v) is 9.51. The van der Waals surface area contributed by atoms with Gasteiger partial charge in [0.2, 0.25) is 5.91 Å². The van der Waals surface area contributed by atoms with Gasteiger partial charge in [0.05, 0.1) is 4.90 Å². The zero-order valence-corrected chi connectivity index (χ0v) is 17.9. The minimum absolute atomic E-state index is 0.178. The van der Waals surface area contributed by atoms with Crippen molar-refractivity contribution in [3.05, 3.63) is 60.2 Å². The summed E-state index contributed by atoms with van der Waals surface area (Å²) in [5.74, 6) is 0.821. The summed E-state index contributed by atoms with van der Waals surface area (Å²) in [5, 5.41) is 2.94. The number of fused-ring (bicyclic) bond motifs is 1. The van der Waals surface area contributed by atoms with Gasteiger partial charge >= 0.3 is 0 Å². The molecule has 8 heteroatoms. The lowest BCUT2D eigenvalue weighted by Gasteiger charge is -2.14. The first-order valence-electron chi connectivity index (χ1n) is 9.67. The van der Waals surface area contributed by atoms with Crippen molar-refractivity contribution in [2.24, 2.45) is 4.99 Å². The summed E-state index contributed by atoms with van der Waals surface area (Å²) in [6.07, 6.45) is 2.34. The van der Waals surface area contributed by atoms with Crippen molar-refractivity contribution in [3.8, 4) is 0 Å². The van der Waals surface area contributed by atoms with E-state index in [0.717, 1.165) is 23.5 Å². The quantitative estimate of drug-likeness (QED) is 0.471. The third kappa shape index (κ3) is 5.61. The number of hydrogen-bond donors (Lipinski definition) is 2. The minimum Gasteiger partial charge on any atom is -0.353 e. The summed E-state index contributed by atoms with van der Waals surface area (Å²) in [6, 6.07) is 16.1. The van der Waals surface area contributed by atoms with Gasteiger partial charge in [-0.2, -0.15) is 0 Å². The molecule has 0 bridgehead atoms. The third-order valence-electron chi connectivity index (χ3n) is 4.49. The highest BCUT2D eigenvalue weighted by Gasteiger charge is 2.31. The average molecular weight is 432 g/mol. The first-order chi connectivity index (χ1) is 14.0. The number of carbonyl (C=O) groups excluding carboxylic acids is 1. The number of rotatable bonds is 9. The average Bonchev–Trinajstić information content (AvgIpc) is 2.99. The van der Waals surface area contributed by atoms with Crippen molar-refractivity contribution < 1.29 is 13.2 Å². The molecule has 1 aliphatic heterocycles. The summed E-state index contributed by atoms with van der Waals surface area (Å²) < 4.78 is 27.0. The van der Waals surface area contributed by atoms with Crippen LogP contribution in [0, 0.1) is 0 Å². The van der Waals surface area contributed by atoms with Gasteiger partial charge in [-0.05, 0) is 30.7 Å². The number of amides is 1. The number of sulfonamides is 1. The Morgan fingerprint density at radius 2 is 1.86 bits per heavy atom. The molecule has 0 saturated heterocycles. The zero-order chi connectivity index (χ0) is 20.7. The number of nitrogens with zero attached hydrogens (tertiary/aromatic N) is 1. The molecular weight excluding hydrogens is 406 g/mol. The highest BCUT2D eigenvalue weighted by molar-refractivity contribution is 7.99. The zero-order valence-electron chi connectivity index (χ0n) is 16.3. The van der Waals surface area contributed by atoms with E-state index in [4.69, 9.17) is 0 Å². The molecule has 0 aromatic heterocycles. The predicted molar refractivity (Wildman–Crippen MR) is 117 cm³/mol. The highest BCUT2D eigenvalue weighted by atomic mass is 32.2. The Bertz CT molecular complexity index is 976. The molecule has 3 rings (SSSR count). The van der Waals surface area contributed by atoms with Crippen LogP contribution in [0.25, 0.3) is 0 Å². The lowest BCUT2D eigenvalue weighted by atomic mass is 10.1. The molecule has 1 aliphatic rings. The molecule has 0 fully saturated rings. The van der Waals surface area contributed by atoms with Crippen LogP contribution in [-0.4, -0.2) is 38.5 Å². The van der Waals surface area contributed by atoms with Crippen molar-refractivity contribution in [1.29, 1.82) is 0 Å². The Morgan fingerprint density at radius 3 is 2.62 bits per heavy atom. The van der Waals surface area contributed by atoms with Crippen LogP contribution in [0.5, 0.6) is 0 Å². The third-order valence-corrected chi connectivity index (χ3v) is 6.91. The normalized spacial score (nSPS) is 16.8. The Morgan fingerprint density at radius 1 is 1.14 bits per heavy atom. The molecule has 1 amide bonds. The molecular formula is C21H25N3O3S2. The molecule has 0 spiro atoms. The smallest absolute Gasteiger partial charge is 0.263 e. The summed E-state index contributed by atoms with van der Waals surface area (Å²) in [7, 11) is -3.61. The molecule has 154 valence electrons. The second kappa shape index (κ2) is 9.93. The molecule has 29 heavy (non-hydrogen) atoms. The van der Waals surface area contributed by atoms with E-state index in [2.05, 4.69) is 15.0 Å². The largest absolute Gasteiger partial charge is 0.353 e. The topological polar surface area (TPSA) is 87.6 Å². The van der Waals surface area contributed by atoms with E-state index in [9.17, 15) is 13.2 Å². The molecule has 0 saturated carbocycles. The fourth-order valence-electron chi connectivity index (χ4n) is 3.01. The summed E-state index contributed by atoms with van der Waals surface area (Å²) in [4.78, 5) is 18.6. The number of nitrogens with one attached hydrogen (secondary N) is 2. The molecule has 0 aliphatic carbocycles. The molecule has 0 radical (unpaired) electrons. The van der Waals surface area contributed by atoms with Gasteiger partial charge in [-0.3, -0.25) is 14.5 Å². The van der Waals surface area contributed by atoms with Crippen LogP contribution in [0.15, 0.2) is 69.4 Å². The van der Waals surface area contributed by atoms with E-state index < -0.39 is 16.1 Å². The van der Waals surface area contributed by atoms with Crippen molar-refractivity contribution in [2.45, 2.75) is 42.0 Å².